The van der Waals surface area contributed by atoms with Crippen LogP contribution in [0.4, 0.5) is 10.1 Å². The molecule has 0 fully saturated rings. The lowest BCUT2D eigenvalue weighted by atomic mass is 10.1. The molecule has 0 aliphatic carbocycles. The highest BCUT2D eigenvalue weighted by molar-refractivity contribution is 6.31. The summed E-state index contributed by atoms with van der Waals surface area (Å²) in [6, 6.07) is 9.47. The molecule has 0 spiro atoms. The minimum atomic E-state index is -0.491. The van der Waals surface area contributed by atoms with Crippen LogP contribution in [0, 0.1) is 5.82 Å². The van der Waals surface area contributed by atoms with Gasteiger partial charge in [-0.2, -0.15) is 0 Å². The first-order valence-corrected chi connectivity index (χ1v) is 6.72. The number of nitrogens with two attached hydrogens (primary N) is 1. The first kappa shape index (κ1) is 15.4. The van der Waals surface area contributed by atoms with E-state index in [1.807, 2.05) is 0 Å². The minimum absolute atomic E-state index is 0.0174. The van der Waals surface area contributed by atoms with Gasteiger partial charge in [0.15, 0.2) is 5.84 Å². The van der Waals surface area contributed by atoms with E-state index in [1.54, 1.807) is 24.3 Å². The molecule has 2 aromatic rings. The second-order valence-electron chi connectivity index (χ2n) is 4.27. The third kappa shape index (κ3) is 3.77. The van der Waals surface area contributed by atoms with Crippen LogP contribution in [0.3, 0.4) is 0 Å². The first-order chi connectivity index (χ1) is 10.0. The van der Waals surface area contributed by atoms with Crippen molar-refractivity contribution in [2.45, 2.75) is 6.54 Å². The van der Waals surface area contributed by atoms with E-state index in [0.29, 0.717) is 22.8 Å². The maximum atomic E-state index is 13.3. The van der Waals surface area contributed by atoms with Crippen LogP contribution in [0.1, 0.15) is 11.1 Å². The molecule has 4 N–H and O–H groups in total. The minimum Gasteiger partial charge on any atom is -0.409 e. The summed E-state index contributed by atoms with van der Waals surface area (Å²) in [6.07, 6.45) is 0. The van der Waals surface area contributed by atoms with Gasteiger partial charge in [-0.1, -0.05) is 40.5 Å². The number of rotatable bonds is 4. The summed E-state index contributed by atoms with van der Waals surface area (Å²) >= 11 is 11.7. The lowest BCUT2D eigenvalue weighted by molar-refractivity contribution is 0.318. The predicted molar refractivity (Wildman–Crippen MR) is 82.7 cm³/mol. The smallest absolute Gasteiger partial charge is 0.170 e. The summed E-state index contributed by atoms with van der Waals surface area (Å²) in [7, 11) is 0. The number of hydrogen-bond acceptors (Lipinski definition) is 3. The summed E-state index contributed by atoms with van der Waals surface area (Å²) < 4.78 is 13.3. The van der Waals surface area contributed by atoms with Crippen molar-refractivity contribution in [2.24, 2.45) is 10.9 Å². The fourth-order valence-electron chi connectivity index (χ4n) is 1.71. The van der Waals surface area contributed by atoms with Crippen molar-refractivity contribution in [2.75, 3.05) is 5.32 Å². The first-order valence-electron chi connectivity index (χ1n) is 5.96. The molecule has 0 heterocycles. The van der Waals surface area contributed by atoms with Crippen molar-refractivity contribution < 1.29 is 9.60 Å². The van der Waals surface area contributed by atoms with Gasteiger partial charge >= 0.3 is 0 Å². The SMILES string of the molecule is N/C(=N/O)c1ccc(CNc2ccc(Cl)c(F)c2)c(Cl)c1. The van der Waals surface area contributed by atoms with E-state index in [1.165, 1.54) is 12.1 Å². The van der Waals surface area contributed by atoms with E-state index in [0.717, 1.165) is 5.56 Å². The van der Waals surface area contributed by atoms with Crippen LogP contribution in [0.25, 0.3) is 0 Å². The maximum Gasteiger partial charge on any atom is 0.170 e. The average Bonchev–Trinajstić information content (AvgIpc) is 2.48. The van der Waals surface area contributed by atoms with Crippen molar-refractivity contribution in [1.29, 1.82) is 0 Å². The fourth-order valence-corrected chi connectivity index (χ4v) is 2.08. The Balaban J connectivity index is 2.11. The molecule has 4 nitrogen and oxygen atoms in total. The molecule has 2 aromatic carbocycles. The van der Waals surface area contributed by atoms with Gasteiger partial charge in [-0.3, -0.25) is 0 Å². The van der Waals surface area contributed by atoms with E-state index >= 15 is 0 Å². The van der Waals surface area contributed by atoms with E-state index in [4.69, 9.17) is 34.1 Å². The molecule has 21 heavy (non-hydrogen) atoms. The topological polar surface area (TPSA) is 70.6 Å². The van der Waals surface area contributed by atoms with Crippen LogP contribution >= 0.6 is 23.2 Å². The Kier molecular flexibility index (Phi) is 4.88. The number of anilines is 1. The number of benzene rings is 2. The van der Waals surface area contributed by atoms with Crippen molar-refractivity contribution in [3.8, 4) is 0 Å². The molecule has 0 saturated heterocycles. The summed E-state index contributed by atoms with van der Waals surface area (Å²) in [6.45, 7) is 0.399. The summed E-state index contributed by atoms with van der Waals surface area (Å²) in [5.41, 5.74) is 7.38. The zero-order valence-electron chi connectivity index (χ0n) is 10.8. The lowest BCUT2D eigenvalue weighted by Gasteiger charge is -2.10. The van der Waals surface area contributed by atoms with Gasteiger partial charge in [0, 0.05) is 22.8 Å². The second kappa shape index (κ2) is 6.65. The van der Waals surface area contributed by atoms with Gasteiger partial charge in [-0.05, 0) is 29.8 Å². The number of nitrogens with one attached hydrogen (secondary N) is 1. The maximum absolute atomic E-state index is 13.3. The summed E-state index contributed by atoms with van der Waals surface area (Å²) in [4.78, 5) is 0. The van der Waals surface area contributed by atoms with Gasteiger partial charge in [0.1, 0.15) is 5.82 Å². The van der Waals surface area contributed by atoms with Gasteiger partial charge in [0.2, 0.25) is 0 Å². The Morgan fingerprint density at radius 1 is 1.19 bits per heavy atom. The fraction of sp³-hybridized carbons (Fsp3) is 0.0714. The third-order valence-electron chi connectivity index (χ3n) is 2.86. The molecule has 0 aromatic heterocycles. The molecule has 0 aliphatic rings. The van der Waals surface area contributed by atoms with Crippen LogP contribution in [-0.4, -0.2) is 11.0 Å². The lowest BCUT2D eigenvalue weighted by Crippen LogP contribution is -2.13. The Bertz CT molecular complexity index is 692. The van der Waals surface area contributed by atoms with Crippen molar-refractivity contribution >= 4 is 34.7 Å². The monoisotopic (exact) mass is 327 g/mol. The zero-order valence-corrected chi connectivity index (χ0v) is 12.3. The average molecular weight is 328 g/mol. The van der Waals surface area contributed by atoms with Crippen LogP contribution in [-0.2, 0) is 6.54 Å². The molecule has 0 amide bonds. The van der Waals surface area contributed by atoms with Gasteiger partial charge in [0.25, 0.3) is 0 Å². The van der Waals surface area contributed by atoms with Crippen molar-refractivity contribution in [3.63, 3.8) is 0 Å². The molecule has 0 aliphatic heterocycles. The zero-order chi connectivity index (χ0) is 15.4. The molecule has 7 heteroatoms. The van der Waals surface area contributed by atoms with Crippen LogP contribution in [0.2, 0.25) is 10.0 Å². The number of oxime groups is 1. The normalized spacial score (nSPS) is 11.5. The molecule has 0 saturated carbocycles. The largest absolute Gasteiger partial charge is 0.409 e. The molecule has 110 valence electrons. The molecule has 2 rings (SSSR count). The molecule has 0 atom stereocenters. The van der Waals surface area contributed by atoms with Gasteiger partial charge < -0.3 is 16.3 Å². The second-order valence-corrected chi connectivity index (χ2v) is 5.09. The van der Waals surface area contributed by atoms with E-state index < -0.39 is 5.82 Å². The van der Waals surface area contributed by atoms with E-state index in [-0.39, 0.29) is 10.9 Å². The van der Waals surface area contributed by atoms with Crippen LogP contribution in [0.5, 0.6) is 0 Å². The van der Waals surface area contributed by atoms with Crippen molar-refractivity contribution in [3.05, 3.63) is 63.4 Å². The highest BCUT2D eigenvalue weighted by Gasteiger charge is 2.06. The van der Waals surface area contributed by atoms with E-state index in [2.05, 4.69) is 10.5 Å². The highest BCUT2D eigenvalue weighted by Crippen LogP contribution is 2.22. The number of hydrogen-bond donors (Lipinski definition) is 3. The highest BCUT2D eigenvalue weighted by atomic mass is 35.5. The van der Waals surface area contributed by atoms with Crippen LogP contribution < -0.4 is 11.1 Å². The van der Waals surface area contributed by atoms with Gasteiger partial charge in [0.05, 0.1) is 5.02 Å². The molecule has 0 bridgehead atoms. The number of halogens is 3. The van der Waals surface area contributed by atoms with E-state index in [9.17, 15) is 4.39 Å². The molecular weight excluding hydrogens is 316 g/mol. The quantitative estimate of drug-likeness (QED) is 0.346. The standard InChI is InChI=1S/C14H12Cl2FN3O/c15-11-4-3-10(6-13(11)17)19-7-9-2-1-8(5-12(9)16)14(18)20-21/h1-6,19,21H,7H2,(H2,18,20). The predicted octanol–water partition coefficient (Wildman–Crippen LogP) is 3.84. The summed E-state index contributed by atoms with van der Waals surface area (Å²) in [5.74, 6) is -0.508. The Labute approximate surface area is 131 Å². The van der Waals surface area contributed by atoms with Crippen LogP contribution in [0.15, 0.2) is 41.6 Å². The Hall–Kier alpha value is -1.98. The molecule has 0 unspecified atom stereocenters. The summed E-state index contributed by atoms with van der Waals surface area (Å²) in [5, 5.41) is 15.1. The number of amidine groups is 1. The van der Waals surface area contributed by atoms with Crippen molar-refractivity contribution in [1.82, 2.24) is 0 Å². The Morgan fingerprint density at radius 3 is 2.57 bits per heavy atom. The molecule has 0 radical (unpaired) electrons. The van der Waals surface area contributed by atoms with Gasteiger partial charge in [-0.15, -0.1) is 0 Å². The number of nitrogens with zero attached hydrogens (tertiary/aromatic N) is 1. The molecular formula is C14H12Cl2FN3O. The Morgan fingerprint density at radius 2 is 1.95 bits per heavy atom. The van der Waals surface area contributed by atoms with Gasteiger partial charge in [-0.25, -0.2) is 4.39 Å². The third-order valence-corrected chi connectivity index (χ3v) is 3.52.